The molecule has 0 aliphatic heterocycles. The fraction of sp³-hybridized carbons (Fsp3) is 0.0667. The average Bonchev–Trinajstić information content (AvgIpc) is 2.48. The fourth-order valence-corrected chi connectivity index (χ4v) is 8.77. The molecule has 2 rings (SSSR count). The van der Waals surface area contributed by atoms with Crippen LogP contribution in [0.4, 0.5) is 0 Å². The SMILES string of the molecule is COc1ccc([Te](Cl)(Cl)/C=C(\Cl)c2ccccc2)cc1. The van der Waals surface area contributed by atoms with E-state index in [2.05, 4.69) is 0 Å². The summed E-state index contributed by atoms with van der Waals surface area (Å²) in [6, 6.07) is 17.1. The Hall–Kier alpha value is -0.360. The van der Waals surface area contributed by atoms with Crippen molar-refractivity contribution in [3.05, 3.63) is 64.3 Å². The first kappa shape index (κ1) is 16.0. The van der Waals surface area contributed by atoms with Gasteiger partial charge >= 0.3 is 136 Å². The topological polar surface area (TPSA) is 9.23 Å². The third-order valence-corrected chi connectivity index (χ3v) is 11.1. The molecule has 0 bridgehead atoms. The van der Waals surface area contributed by atoms with Crippen LogP contribution >= 0.6 is 29.5 Å². The van der Waals surface area contributed by atoms with Crippen LogP contribution in [-0.4, -0.2) is 23.1 Å². The van der Waals surface area contributed by atoms with Crippen LogP contribution in [0.15, 0.2) is 58.7 Å². The van der Waals surface area contributed by atoms with Crippen LogP contribution < -0.4 is 8.35 Å². The first-order chi connectivity index (χ1) is 9.53. The van der Waals surface area contributed by atoms with Gasteiger partial charge in [-0.3, -0.25) is 0 Å². The third-order valence-electron chi connectivity index (χ3n) is 2.67. The fourth-order valence-electron chi connectivity index (χ4n) is 1.62. The second-order valence-electron chi connectivity index (χ2n) is 4.02. The van der Waals surface area contributed by atoms with Crippen LogP contribution in [-0.2, 0) is 0 Å². The Morgan fingerprint density at radius 3 is 2.15 bits per heavy atom. The first-order valence-corrected chi connectivity index (χ1v) is 14.6. The number of halogens is 3. The van der Waals surface area contributed by atoms with Crippen molar-refractivity contribution < 1.29 is 4.74 Å². The van der Waals surface area contributed by atoms with Crippen molar-refractivity contribution in [2.75, 3.05) is 7.11 Å². The van der Waals surface area contributed by atoms with Crippen LogP contribution in [0.3, 0.4) is 0 Å². The summed E-state index contributed by atoms with van der Waals surface area (Å²) in [6.07, 6.45) is 0. The summed E-state index contributed by atoms with van der Waals surface area (Å²) < 4.78 is 7.86. The van der Waals surface area contributed by atoms with Crippen LogP contribution in [0.2, 0.25) is 0 Å². The van der Waals surface area contributed by atoms with Crippen molar-refractivity contribution in [2.45, 2.75) is 0 Å². The van der Waals surface area contributed by atoms with E-state index in [1.54, 1.807) is 7.11 Å². The number of rotatable bonds is 4. The molecule has 0 saturated heterocycles. The van der Waals surface area contributed by atoms with Crippen molar-refractivity contribution in [2.24, 2.45) is 0 Å². The molecule has 5 heteroatoms. The van der Waals surface area contributed by atoms with Crippen molar-refractivity contribution in [1.82, 2.24) is 0 Å². The standard InChI is InChI=1S/C15H13Cl3OTe/c1-19-13-7-9-14(10-8-13)20(17,18)11-15(16)12-5-3-2-4-6-12/h2-11H,1H3/b15-11-. The number of ether oxygens (including phenoxy) is 1. The molecule has 0 unspecified atom stereocenters. The number of methoxy groups -OCH3 is 1. The van der Waals surface area contributed by atoms with Crippen LogP contribution in [0.25, 0.3) is 5.03 Å². The second-order valence-corrected chi connectivity index (χ2v) is 16.9. The molecule has 0 saturated carbocycles. The molecular formula is C15H13Cl3OTe. The molecule has 0 fully saturated rings. The Bertz CT molecular complexity index is 594. The van der Waals surface area contributed by atoms with Crippen molar-refractivity contribution in [3.63, 3.8) is 0 Å². The summed E-state index contributed by atoms with van der Waals surface area (Å²) in [5.41, 5.74) is 0.916. The zero-order valence-electron chi connectivity index (χ0n) is 10.7. The Kier molecular flexibility index (Phi) is 5.66. The van der Waals surface area contributed by atoms with Gasteiger partial charge in [-0.05, 0) is 0 Å². The Morgan fingerprint density at radius 2 is 1.60 bits per heavy atom. The Morgan fingerprint density at radius 1 is 1.00 bits per heavy atom. The summed E-state index contributed by atoms with van der Waals surface area (Å²) in [6.45, 7) is 0. The molecule has 20 heavy (non-hydrogen) atoms. The van der Waals surface area contributed by atoms with Crippen LogP contribution in [0.1, 0.15) is 5.56 Å². The van der Waals surface area contributed by atoms with E-state index in [1.807, 2.05) is 58.7 Å². The van der Waals surface area contributed by atoms with E-state index in [0.717, 1.165) is 14.9 Å². The average molecular weight is 443 g/mol. The molecule has 0 radical (unpaired) electrons. The van der Waals surface area contributed by atoms with Gasteiger partial charge in [-0.25, -0.2) is 0 Å². The molecule has 2 aromatic carbocycles. The number of hydrogen-bond donors (Lipinski definition) is 0. The van der Waals surface area contributed by atoms with Gasteiger partial charge in [-0.2, -0.15) is 0 Å². The van der Waals surface area contributed by atoms with E-state index in [-0.39, 0.29) is 0 Å². The van der Waals surface area contributed by atoms with Crippen molar-refractivity contribution in [1.29, 1.82) is 0 Å². The minimum atomic E-state index is -3.34. The van der Waals surface area contributed by atoms with Gasteiger partial charge in [-0.1, -0.05) is 0 Å². The molecule has 0 aliphatic carbocycles. The zero-order valence-corrected chi connectivity index (χ0v) is 15.3. The van der Waals surface area contributed by atoms with Gasteiger partial charge in [0.1, 0.15) is 0 Å². The van der Waals surface area contributed by atoms with E-state index in [4.69, 9.17) is 34.3 Å². The van der Waals surface area contributed by atoms with Gasteiger partial charge in [0.25, 0.3) is 0 Å². The third kappa shape index (κ3) is 4.07. The summed E-state index contributed by atoms with van der Waals surface area (Å²) in [5.74, 6) is 0.777. The summed E-state index contributed by atoms with van der Waals surface area (Å²) in [7, 11) is 14.7. The number of hydrogen-bond acceptors (Lipinski definition) is 1. The summed E-state index contributed by atoms with van der Waals surface area (Å²) in [4.78, 5) is 0. The van der Waals surface area contributed by atoms with Gasteiger partial charge < -0.3 is 0 Å². The molecule has 0 spiro atoms. The predicted octanol–water partition coefficient (Wildman–Crippen LogP) is 4.64. The number of benzene rings is 2. The normalized spacial score (nSPS) is 13.1. The Balaban J connectivity index is 2.29. The zero-order chi connectivity index (χ0) is 14.6. The molecule has 0 N–H and O–H groups in total. The molecule has 0 aliphatic rings. The predicted molar refractivity (Wildman–Crippen MR) is 90.4 cm³/mol. The van der Waals surface area contributed by atoms with Crippen molar-refractivity contribution >= 4 is 54.1 Å². The monoisotopic (exact) mass is 444 g/mol. The molecular weight excluding hydrogens is 430 g/mol. The first-order valence-electron chi connectivity index (χ1n) is 5.82. The molecule has 106 valence electrons. The van der Waals surface area contributed by atoms with Gasteiger partial charge in [0.2, 0.25) is 0 Å². The van der Waals surface area contributed by atoms with Gasteiger partial charge in [-0.15, -0.1) is 0 Å². The van der Waals surface area contributed by atoms with Crippen LogP contribution in [0.5, 0.6) is 5.75 Å². The Labute approximate surface area is 135 Å². The minimum absolute atomic E-state index is 0.590. The molecule has 0 amide bonds. The molecule has 0 aromatic heterocycles. The van der Waals surface area contributed by atoms with Crippen LogP contribution in [0, 0.1) is 0 Å². The van der Waals surface area contributed by atoms with E-state index < -0.39 is 15.9 Å². The summed E-state index contributed by atoms with van der Waals surface area (Å²) in [5, 5.41) is 0.590. The van der Waals surface area contributed by atoms with Gasteiger partial charge in [0, 0.05) is 0 Å². The van der Waals surface area contributed by atoms with E-state index in [0.29, 0.717) is 5.03 Å². The van der Waals surface area contributed by atoms with Gasteiger partial charge in [0.05, 0.1) is 0 Å². The van der Waals surface area contributed by atoms with E-state index in [1.165, 1.54) is 0 Å². The molecule has 1 nitrogen and oxygen atoms in total. The molecule has 0 atom stereocenters. The molecule has 0 heterocycles. The van der Waals surface area contributed by atoms with Gasteiger partial charge in [0.15, 0.2) is 0 Å². The maximum absolute atomic E-state index is 6.56. The second kappa shape index (κ2) is 7.07. The van der Waals surface area contributed by atoms with Crippen molar-refractivity contribution in [3.8, 4) is 5.75 Å². The maximum atomic E-state index is 6.56. The summed E-state index contributed by atoms with van der Waals surface area (Å²) >= 11 is 2.97. The van der Waals surface area contributed by atoms with E-state index >= 15 is 0 Å². The quantitative estimate of drug-likeness (QED) is 0.626. The van der Waals surface area contributed by atoms with E-state index in [9.17, 15) is 0 Å². The molecule has 2 aromatic rings.